The van der Waals surface area contributed by atoms with Crippen LogP contribution in [0.5, 0.6) is 0 Å². The summed E-state index contributed by atoms with van der Waals surface area (Å²) < 4.78 is 0. The summed E-state index contributed by atoms with van der Waals surface area (Å²) in [5, 5.41) is 9.58. The maximum absolute atomic E-state index is 11.7. The van der Waals surface area contributed by atoms with Crippen molar-refractivity contribution in [1.29, 1.82) is 0 Å². The van der Waals surface area contributed by atoms with Gasteiger partial charge in [0.1, 0.15) is 5.82 Å². The third-order valence-corrected chi connectivity index (χ3v) is 7.44. The van der Waals surface area contributed by atoms with Gasteiger partial charge in [-0.3, -0.25) is 0 Å². The highest BCUT2D eigenvalue weighted by Gasteiger charge is 2.50. The smallest absolute Gasteiger partial charge is 0.356 e. The summed E-state index contributed by atoms with van der Waals surface area (Å²) in [6.07, 6.45) is 12.5. The first-order valence-electron chi connectivity index (χ1n) is 10.3. The summed E-state index contributed by atoms with van der Waals surface area (Å²) in [4.78, 5) is 19.5. The molecule has 1 aromatic rings. The Kier molecular flexibility index (Phi) is 4.41. The molecule has 4 fully saturated rings. The fraction of sp³-hybridized carbons (Fsp3) is 0.810. The lowest BCUT2D eigenvalue weighted by Crippen LogP contribution is -2.46. The third-order valence-electron chi connectivity index (χ3n) is 7.44. The molecule has 4 bridgehead atoms. The molecule has 0 amide bonds. The lowest BCUT2D eigenvalue weighted by molar-refractivity contribution is -0.0571. The molecule has 0 unspecified atom stereocenters. The Balaban J connectivity index is 1.51. The van der Waals surface area contributed by atoms with Gasteiger partial charge in [-0.2, -0.15) is 0 Å². The Labute approximate surface area is 150 Å². The second-order valence-corrected chi connectivity index (χ2v) is 9.19. The fourth-order valence-electron chi connectivity index (χ4n) is 6.64. The normalized spacial score (nSPS) is 33.3. The number of nitrogens with zero attached hydrogens (tertiary/aromatic N) is 1. The zero-order valence-electron chi connectivity index (χ0n) is 15.7. The van der Waals surface area contributed by atoms with Gasteiger partial charge >= 0.3 is 5.97 Å². The van der Waals surface area contributed by atoms with E-state index < -0.39 is 5.97 Å². The van der Waals surface area contributed by atoms with E-state index in [1.54, 1.807) is 0 Å². The Hall–Kier alpha value is -1.32. The molecule has 0 aliphatic heterocycles. The second kappa shape index (κ2) is 6.44. The number of carboxylic acids is 1. The SMILES string of the molecule is CCC(CC)c1nc(C(=O)O)c(CCC23CC4CC(CC(C4)C2)C3)[nH]1. The number of hydrogen-bond acceptors (Lipinski definition) is 2. The molecule has 4 aliphatic carbocycles. The van der Waals surface area contributed by atoms with E-state index in [0.717, 1.165) is 55.0 Å². The maximum Gasteiger partial charge on any atom is 0.356 e. The number of rotatable bonds is 7. The molecule has 4 nitrogen and oxygen atoms in total. The van der Waals surface area contributed by atoms with Crippen molar-refractivity contribution < 1.29 is 9.90 Å². The van der Waals surface area contributed by atoms with Crippen molar-refractivity contribution in [3.8, 4) is 0 Å². The molecule has 0 aromatic carbocycles. The van der Waals surface area contributed by atoms with E-state index in [9.17, 15) is 9.90 Å². The van der Waals surface area contributed by atoms with Gasteiger partial charge in [0.05, 0.1) is 0 Å². The molecule has 1 heterocycles. The molecule has 0 radical (unpaired) electrons. The van der Waals surface area contributed by atoms with Crippen molar-refractivity contribution in [3.05, 3.63) is 17.2 Å². The van der Waals surface area contributed by atoms with E-state index in [2.05, 4.69) is 23.8 Å². The van der Waals surface area contributed by atoms with Crippen molar-refractivity contribution in [3.63, 3.8) is 0 Å². The molecule has 0 atom stereocenters. The average molecular weight is 344 g/mol. The van der Waals surface area contributed by atoms with Gasteiger partial charge in [0.25, 0.3) is 0 Å². The highest BCUT2D eigenvalue weighted by atomic mass is 16.4. The highest BCUT2D eigenvalue weighted by Crippen LogP contribution is 2.61. The minimum absolute atomic E-state index is 0.270. The first-order valence-corrected chi connectivity index (χ1v) is 10.3. The quantitative estimate of drug-likeness (QED) is 0.718. The number of hydrogen-bond donors (Lipinski definition) is 2. The molecule has 2 N–H and O–H groups in total. The van der Waals surface area contributed by atoms with Crippen LogP contribution in [-0.4, -0.2) is 21.0 Å². The molecule has 4 heteroatoms. The molecule has 4 saturated carbocycles. The Morgan fingerprint density at radius 3 is 2.20 bits per heavy atom. The van der Waals surface area contributed by atoms with E-state index in [-0.39, 0.29) is 5.69 Å². The van der Waals surface area contributed by atoms with Gasteiger partial charge in [0, 0.05) is 11.6 Å². The van der Waals surface area contributed by atoms with Crippen molar-refractivity contribution in [2.75, 3.05) is 0 Å². The van der Waals surface area contributed by atoms with Crippen LogP contribution in [0.2, 0.25) is 0 Å². The number of carboxylic acid groups (broad SMARTS) is 1. The number of aromatic amines is 1. The van der Waals surface area contributed by atoms with Crippen molar-refractivity contribution >= 4 is 5.97 Å². The summed E-state index contributed by atoms with van der Waals surface area (Å²) >= 11 is 0. The topological polar surface area (TPSA) is 66.0 Å². The van der Waals surface area contributed by atoms with Gasteiger partial charge in [-0.05, 0) is 87.4 Å². The summed E-state index contributed by atoms with van der Waals surface area (Å²) in [6, 6.07) is 0. The van der Waals surface area contributed by atoms with E-state index in [4.69, 9.17) is 0 Å². The Morgan fingerprint density at radius 1 is 1.16 bits per heavy atom. The number of carbonyl (C=O) groups is 1. The number of aromatic carboxylic acids is 1. The monoisotopic (exact) mass is 344 g/mol. The summed E-state index contributed by atoms with van der Waals surface area (Å²) in [6.45, 7) is 4.29. The van der Waals surface area contributed by atoms with Crippen LogP contribution in [0.25, 0.3) is 0 Å². The predicted molar refractivity (Wildman–Crippen MR) is 97.8 cm³/mol. The van der Waals surface area contributed by atoms with Crippen LogP contribution in [0.4, 0.5) is 0 Å². The molecular formula is C21H32N2O2. The standard InChI is InChI=1S/C21H32N2O2/c1-3-16(4-2)19-22-17(18(23-19)20(24)25)5-6-21-10-13-7-14(11-21)9-15(8-13)12-21/h13-16H,3-12H2,1-2H3,(H,22,23)(H,24,25). The van der Waals surface area contributed by atoms with Crippen molar-refractivity contribution in [2.45, 2.75) is 84.0 Å². The summed E-state index contributed by atoms with van der Waals surface area (Å²) in [5.74, 6) is 3.19. The van der Waals surface area contributed by atoms with Gasteiger partial charge < -0.3 is 10.1 Å². The number of imidazole rings is 1. The minimum atomic E-state index is -0.881. The van der Waals surface area contributed by atoms with Crippen LogP contribution in [0.3, 0.4) is 0 Å². The molecule has 138 valence electrons. The predicted octanol–water partition coefficient (Wildman–Crippen LogP) is 5.16. The first kappa shape index (κ1) is 17.1. The second-order valence-electron chi connectivity index (χ2n) is 9.19. The first-order chi connectivity index (χ1) is 12.0. The van der Waals surface area contributed by atoms with Gasteiger partial charge in [0.15, 0.2) is 5.69 Å². The van der Waals surface area contributed by atoms with Crippen molar-refractivity contribution in [1.82, 2.24) is 9.97 Å². The number of aromatic nitrogens is 2. The zero-order chi connectivity index (χ0) is 17.6. The van der Waals surface area contributed by atoms with Crippen LogP contribution < -0.4 is 0 Å². The van der Waals surface area contributed by atoms with Gasteiger partial charge in [0.2, 0.25) is 0 Å². The van der Waals surface area contributed by atoms with Gasteiger partial charge in [-0.1, -0.05) is 13.8 Å². The minimum Gasteiger partial charge on any atom is -0.476 e. The third kappa shape index (κ3) is 3.13. The molecule has 25 heavy (non-hydrogen) atoms. The molecule has 1 aromatic heterocycles. The molecule has 0 spiro atoms. The van der Waals surface area contributed by atoms with Crippen LogP contribution in [0.15, 0.2) is 0 Å². The number of nitrogens with one attached hydrogen (secondary N) is 1. The van der Waals surface area contributed by atoms with E-state index in [1.165, 1.54) is 38.5 Å². The number of H-pyrrole nitrogens is 1. The highest BCUT2D eigenvalue weighted by molar-refractivity contribution is 5.86. The van der Waals surface area contributed by atoms with Crippen LogP contribution in [-0.2, 0) is 6.42 Å². The average Bonchev–Trinajstić information content (AvgIpc) is 2.97. The van der Waals surface area contributed by atoms with E-state index >= 15 is 0 Å². The summed E-state index contributed by atoms with van der Waals surface area (Å²) in [5.41, 5.74) is 1.63. The fourth-order valence-corrected chi connectivity index (χ4v) is 6.64. The van der Waals surface area contributed by atoms with Crippen LogP contribution in [0.1, 0.15) is 99.6 Å². The maximum atomic E-state index is 11.7. The summed E-state index contributed by atoms with van der Waals surface area (Å²) in [7, 11) is 0. The van der Waals surface area contributed by atoms with Gasteiger partial charge in [-0.25, -0.2) is 9.78 Å². The van der Waals surface area contributed by atoms with Crippen molar-refractivity contribution in [2.24, 2.45) is 23.2 Å². The molecule has 5 rings (SSSR count). The molecule has 0 saturated heterocycles. The van der Waals surface area contributed by atoms with Gasteiger partial charge in [-0.15, -0.1) is 0 Å². The van der Waals surface area contributed by atoms with Crippen LogP contribution >= 0.6 is 0 Å². The molecule has 4 aliphatic rings. The van der Waals surface area contributed by atoms with E-state index in [0.29, 0.717) is 11.3 Å². The Bertz CT molecular complexity index is 609. The van der Waals surface area contributed by atoms with Crippen LogP contribution in [0, 0.1) is 23.2 Å². The molecular weight excluding hydrogens is 312 g/mol. The lowest BCUT2D eigenvalue weighted by atomic mass is 9.48. The largest absolute Gasteiger partial charge is 0.476 e. The van der Waals surface area contributed by atoms with E-state index in [1.807, 2.05) is 0 Å². The Morgan fingerprint density at radius 2 is 1.72 bits per heavy atom. The zero-order valence-corrected chi connectivity index (χ0v) is 15.7. The lowest BCUT2D eigenvalue weighted by Gasteiger charge is -2.57. The number of aryl methyl sites for hydroxylation is 1.